The number of esters is 1. The summed E-state index contributed by atoms with van der Waals surface area (Å²) in [5.74, 6) is -1.23. The smallest absolute Gasteiger partial charge is 0.357 e. The molecule has 24 heavy (non-hydrogen) atoms. The maximum Gasteiger partial charge on any atom is 0.357 e. The van der Waals surface area contributed by atoms with E-state index in [9.17, 15) is 19.7 Å². The van der Waals surface area contributed by atoms with Crippen molar-refractivity contribution in [2.45, 2.75) is 0 Å². The van der Waals surface area contributed by atoms with E-state index >= 15 is 0 Å². The fourth-order valence-corrected chi connectivity index (χ4v) is 1.77. The van der Waals surface area contributed by atoms with Crippen LogP contribution in [0.1, 0.15) is 10.5 Å². The van der Waals surface area contributed by atoms with Gasteiger partial charge >= 0.3 is 5.97 Å². The summed E-state index contributed by atoms with van der Waals surface area (Å²) in [5.41, 5.74) is 0.131. The average molecular weight is 331 g/mol. The van der Waals surface area contributed by atoms with Gasteiger partial charge in [0.15, 0.2) is 6.61 Å². The quantitative estimate of drug-likeness (QED) is 0.486. The van der Waals surface area contributed by atoms with Crippen LogP contribution in [-0.2, 0) is 9.53 Å². The van der Waals surface area contributed by atoms with Crippen LogP contribution in [0.2, 0.25) is 0 Å². The molecular weight excluding hydrogens is 318 g/mol. The Bertz CT molecular complexity index is 763. The molecule has 1 aromatic carbocycles. The van der Waals surface area contributed by atoms with Crippen molar-refractivity contribution in [1.82, 2.24) is 4.98 Å². The maximum atomic E-state index is 11.8. The number of benzene rings is 1. The Balaban J connectivity index is 1.97. The molecule has 9 nitrogen and oxygen atoms in total. The molecule has 0 fully saturated rings. The molecule has 1 N–H and O–H groups in total. The average Bonchev–Trinajstić information content (AvgIpc) is 2.60. The van der Waals surface area contributed by atoms with Gasteiger partial charge < -0.3 is 14.8 Å². The normalized spacial score (nSPS) is 9.88. The van der Waals surface area contributed by atoms with Gasteiger partial charge in [-0.2, -0.15) is 0 Å². The molecule has 2 aromatic rings. The lowest BCUT2D eigenvalue weighted by atomic mass is 10.2. The number of hydrogen-bond donors (Lipinski definition) is 1. The third kappa shape index (κ3) is 4.26. The van der Waals surface area contributed by atoms with E-state index in [1.165, 1.54) is 37.6 Å². The van der Waals surface area contributed by atoms with Gasteiger partial charge in [0.05, 0.1) is 23.8 Å². The molecule has 1 amide bonds. The number of rotatable bonds is 6. The Morgan fingerprint density at radius 3 is 2.71 bits per heavy atom. The largest absolute Gasteiger partial charge is 0.494 e. The molecule has 0 saturated carbocycles. The molecule has 0 unspecified atom stereocenters. The highest BCUT2D eigenvalue weighted by molar-refractivity contribution is 5.95. The standard InChI is InChI=1S/C15H13N3O6/c1-23-13-8-10(18(21)22)5-6-11(13)17-14(19)9-24-15(20)12-4-2-3-7-16-12/h2-8H,9H2,1H3,(H,17,19). The highest BCUT2D eigenvalue weighted by Crippen LogP contribution is 2.28. The zero-order chi connectivity index (χ0) is 17.5. The highest BCUT2D eigenvalue weighted by atomic mass is 16.6. The van der Waals surface area contributed by atoms with Crippen LogP contribution in [0.25, 0.3) is 0 Å². The minimum absolute atomic E-state index is 0.0817. The number of nitrogens with one attached hydrogen (secondary N) is 1. The van der Waals surface area contributed by atoms with Gasteiger partial charge in [-0.25, -0.2) is 9.78 Å². The van der Waals surface area contributed by atoms with E-state index < -0.39 is 23.4 Å². The molecule has 0 spiro atoms. The molecule has 0 aliphatic rings. The van der Waals surface area contributed by atoms with E-state index in [0.29, 0.717) is 0 Å². The molecule has 1 aromatic heterocycles. The summed E-state index contributed by atoms with van der Waals surface area (Å²) < 4.78 is 9.83. The van der Waals surface area contributed by atoms with E-state index in [2.05, 4.69) is 10.3 Å². The molecule has 0 radical (unpaired) electrons. The number of hydrogen-bond acceptors (Lipinski definition) is 7. The van der Waals surface area contributed by atoms with Gasteiger partial charge in [-0.1, -0.05) is 6.07 Å². The van der Waals surface area contributed by atoms with Crippen LogP contribution < -0.4 is 10.1 Å². The van der Waals surface area contributed by atoms with Crippen LogP contribution in [0.15, 0.2) is 42.6 Å². The molecule has 9 heteroatoms. The van der Waals surface area contributed by atoms with Crippen molar-refractivity contribution in [1.29, 1.82) is 0 Å². The highest BCUT2D eigenvalue weighted by Gasteiger charge is 2.15. The van der Waals surface area contributed by atoms with Crippen molar-refractivity contribution in [3.8, 4) is 5.75 Å². The van der Waals surface area contributed by atoms with Crippen molar-refractivity contribution in [2.75, 3.05) is 19.0 Å². The predicted octanol–water partition coefficient (Wildman–Crippen LogP) is 1.79. The summed E-state index contributed by atoms with van der Waals surface area (Å²) >= 11 is 0. The fourth-order valence-electron chi connectivity index (χ4n) is 1.77. The first-order valence-corrected chi connectivity index (χ1v) is 6.71. The third-order valence-electron chi connectivity index (χ3n) is 2.88. The van der Waals surface area contributed by atoms with E-state index in [1.807, 2.05) is 0 Å². The van der Waals surface area contributed by atoms with Crippen LogP contribution in [0.5, 0.6) is 5.75 Å². The van der Waals surface area contributed by atoms with Crippen LogP contribution >= 0.6 is 0 Å². The number of carbonyl (C=O) groups is 2. The molecule has 0 saturated heterocycles. The van der Waals surface area contributed by atoms with Crippen molar-refractivity contribution < 1.29 is 24.0 Å². The second-order valence-corrected chi connectivity index (χ2v) is 4.48. The van der Waals surface area contributed by atoms with Gasteiger partial charge in [-0.15, -0.1) is 0 Å². The summed E-state index contributed by atoms with van der Waals surface area (Å²) in [5, 5.41) is 13.2. The first-order valence-electron chi connectivity index (χ1n) is 6.71. The molecule has 1 heterocycles. The fraction of sp³-hybridized carbons (Fsp3) is 0.133. The lowest BCUT2D eigenvalue weighted by Crippen LogP contribution is -2.21. The number of methoxy groups -OCH3 is 1. The number of anilines is 1. The van der Waals surface area contributed by atoms with Crippen LogP contribution in [0, 0.1) is 10.1 Å². The SMILES string of the molecule is COc1cc([N+](=O)[O-])ccc1NC(=O)COC(=O)c1ccccn1. The number of aromatic nitrogens is 1. The number of nitro benzene ring substituents is 1. The Morgan fingerprint density at radius 1 is 1.29 bits per heavy atom. The number of carbonyl (C=O) groups excluding carboxylic acids is 2. The van der Waals surface area contributed by atoms with E-state index in [-0.39, 0.29) is 22.8 Å². The first-order chi connectivity index (χ1) is 11.5. The minimum Gasteiger partial charge on any atom is -0.494 e. The second-order valence-electron chi connectivity index (χ2n) is 4.48. The van der Waals surface area contributed by atoms with E-state index in [1.54, 1.807) is 12.1 Å². The zero-order valence-electron chi connectivity index (χ0n) is 12.6. The van der Waals surface area contributed by atoms with Crippen LogP contribution in [0.4, 0.5) is 11.4 Å². The van der Waals surface area contributed by atoms with Crippen molar-refractivity contribution >= 4 is 23.3 Å². The summed E-state index contributed by atoms with van der Waals surface area (Å²) in [6.07, 6.45) is 1.43. The number of nitrogens with zero attached hydrogens (tertiary/aromatic N) is 2. The topological polar surface area (TPSA) is 121 Å². The summed E-state index contributed by atoms with van der Waals surface area (Å²) in [6, 6.07) is 8.44. The van der Waals surface area contributed by atoms with Crippen LogP contribution in [-0.4, -0.2) is 35.5 Å². The molecule has 0 atom stereocenters. The molecule has 0 aliphatic heterocycles. The van der Waals surface area contributed by atoms with E-state index in [0.717, 1.165) is 0 Å². The van der Waals surface area contributed by atoms with Crippen molar-refractivity contribution in [3.05, 3.63) is 58.4 Å². The Labute approximate surface area is 136 Å². The van der Waals surface area contributed by atoms with Gasteiger partial charge in [0.2, 0.25) is 0 Å². The van der Waals surface area contributed by atoms with Crippen molar-refractivity contribution in [2.24, 2.45) is 0 Å². The number of ether oxygens (including phenoxy) is 2. The molecule has 2 rings (SSSR count). The summed E-state index contributed by atoms with van der Waals surface area (Å²) in [4.78, 5) is 37.5. The number of pyridine rings is 1. The first kappa shape index (κ1) is 16.9. The molecule has 0 aliphatic carbocycles. The monoisotopic (exact) mass is 331 g/mol. The number of amides is 1. The Hall–Kier alpha value is -3.49. The van der Waals surface area contributed by atoms with Crippen molar-refractivity contribution in [3.63, 3.8) is 0 Å². The maximum absolute atomic E-state index is 11.8. The molecule has 124 valence electrons. The van der Waals surface area contributed by atoms with Crippen LogP contribution in [0.3, 0.4) is 0 Å². The zero-order valence-corrected chi connectivity index (χ0v) is 12.6. The summed E-state index contributed by atoms with van der Waals surface area (Å²) in [7, 11) is 1.32. The lowest BCUT2D eigenvalue weighted by Gasteiger charge is -2.10. The number of non-ortho nitro benzene ring substituents is 1. The third-order valence-corrected chi connectivity index (χ3v) is 2.88. The van der Waals surface area contributed by atoms with E-state index in [4.69, 9.17) is 9.47 Å². The Kier molecular flexibility index (Phi) is 5.40. The molecule has 0 bridgehead atoms. The predicted molar refractivity (Wildman–Crippen MR) is 82.8 cm³/mol. The summed E-state index contributed by atoms with van der Waals surface area (Å²) in [6.45, 7) is -0.532. The second kappa shape index (κ2) is 7.68. The van der Waals surface area contributed by atoms with Gasteiger partial charge in [0.1, 0.15) is 11.4 Å². The number of nitro groups is 1. The Morgan fingerprint density at radius 2 is 2.08 bits per heavy atom. The van der Waals surface area contributed by atoms with Gasteiger partial charge in [0.25, 0.3) is 11.6 Å². The van der Waals surface area contributed by atoms with Gasteiger partial charge in [0, 0.05) is 12.3 Å². The van der Waals surface area contributed by atoms with Gasteiger partial charge in [-0.3, -0.25) is 14.9 Å². The minimum atomic E-state index is -0.735. The van der Waals surface area contributed by atoms with Gasteiger partial charge in [-0.05, 0) is 18.2 Å². The molecular formula is C15H13N3O6. The lowest BCUT2D eigenvalue weighted by molar-refractivity contribution is -0.384.